The lowest BCUT2D eigenvalue weighted by Gasteiger charge is -2.39. The highest BCUT2D eigenvalue weighted by atomic mass is 16.5. The Kier molecular flexibility index (Phi) is 8.36. The summed E-state index contributed by atoms with van der Waals surface area (Å²) in [5.74, 6) is -0.569. The van der Waals surface area contributed by atoms with E-state index < -0.39 is 5.97 Å². The molecule has 0 bridgehead atoms. The number of hydrogen-bond donors (Lipinski definition) is 1. The van der Waals surface area contributed by atoms with Gasteiger partial charge in [0.05, 0.1) is 23.9 Å². The monoisotopic (exact) mass is 478 g/mol. The third kappa shape index (κ3) is 5.93. The molecule has 2 aromatic rings. The summed E-state index contributed by atoms with van der Waals surface area (Å²) in [7, 11) is 0. The minimum absolute atomic E-state index is 0.0436. The number of aromatic nitrogens is 2. The van der Waals surface area contributed by atoms with Gasteiger partial charge in [0.25, 0.3) is 5.91 Å². The number of nitriles is 1. The molecule has 1 aromatic heterocycles. The number of carbonyl (C=O) groups excluding carboxylic acids is 3. The van der Waals surface area contributed by atoms with Crippen molar-refractivity contribution in [1.29, 1.82) is 5.26 Å². The van der Waals surface area contributed by atoms with Gasteiger partial charge in [-0.25, -0.2) is 19.6 Å². The van der Waals surface area contributed by atoms with Crippen molar-refractivity contribution in [3.63, 3.8) is 0 Å². The van der Waals surface area contributed by atoms with Gasteiger partial charge < -0.3 is 19.9 Å². The van der Waals surface area contributed by atoms with Crippen LogP contribution in [0.25, 0.3) is 0 Å². The fourth-order valence-corrected chi connectivity index (χ4v) is 4.04. The van der Waals surface area contributed by atoms with E-state index in [1.54, 1.807) is 47.9 Å². The second kappa shape index (κ2) is 11.4. The van der Waals surface area contributed by atoms with E-state index in [2.05, 4.69) is 15.3 Å². The summed E-state index contributed by atoms with van der Waals surface area (Å²) in [4.78, 5) is 51.0. The van der Waals surface area contributed by atoms with Crippen LogP contribution in [0.1, 0.15) is 65.1 Å². The third-order valence-electron chi connectivity index (χ3n) is 5.71. The minimum atomic E-state index is -0.604. The zero-order valence-electron chi connectivity index (χ0n) is 20.5. The van der Waals surface area contributed by atoms with Gasteiger partial charge in [-0.3, -0.25) is 4.79 Å². The van der Waals surface area contributed by atoms with Crippen molar-refractivity contribution in [2.24, 2.45) is 0 Å². The lowest BCUT2D eigenvalue weighted by Crippen LogP contribution is -2.56. The van der Waals surface area contributed by atoms with E-state index in [-0.39, 0.29) is 42.4 Å². The number of nitrogens with zero attached hydrogens (tertiary/aromatic N) is 5. The number of ether oxygens (including phenoxy) is 1. The molecule has 1 saturated heterocycles. The number of rotatable bonds is 6. The molecule has 2 heterocycles. The Morgan fingerprint density at radius 3 is 2.49 bits per heavy atom. The van der Waals surface area contributed by atoms with Crippen molar-refractivity contribution in [3.05, 3.63) is 52.6 Å². The zero-order valence-corrected chi connectivity index (χ0v) is 20.5. The summed E-state index contributed by atoms with van der Waals surface area (Å²) >= 11 is 0. The maximum Gasteiger partial charge on any atom is 0.342 e. The molecule has 1 fully saturated rings. The molecule has 0 spiro atoms. The van der Waals surface area contributed by atoms with Crippen LogP contribution >= 0.6 is 0 Å². The quantitative estimate of drug-likeness (QED) is 0.632. The van der Waals surface area contributed by atoms with Crippen molar-refractivity contribution < 1.29 is 19.1 Å². The summed E-state index contributed by atoms with van der Waals surface area (Å²) in [6.07, 6.45) is 1.28. The van der Waals surface area contributed by atoms with Gasteiger partial charge in [-0.1, -0.05) is 13.3 Å². The summed E-state index contributed by atoms with van der Waals surface area (Å²) in [5.41, 5.74) is 1.77. The van der Waals surface area contributed by atoms with Gasteiger partial charge in [0.1, 0.15) is 17.1 Å². The van der Waals surface area contributed by atoms with Gasteiger partial charge in [0.2, 0.25) is 0 Å². The normalized spacial score (nSPS) is 15.3. The van der Waals surface area contributed by atoms with Crippen molar-refractivity contribution in [2.75, 3.05) is 31.6 Å². The number of amides is 3. The third-order valence-corrected chi connectivity index (χ3v) is 5.71. The van der Waals surface area contributed by atoms with E-state index in [9.17, 15) is 14.4 Å². The van der Waals surface area contributed by atoms with E-state index in [0.717, 1.165) is 6.42 Å². The number of aryl methyl sites for hydroxylation is 2. The molecule has 10 nitrogen and oxygen atoms in total. The standard InChI is InChI=1S/C25H30N6O4/c1-5-7-20-21(24(33)35-6-2)22(28-17(4)27-20)23(32)30-12-13-31(16(3)15-30)25(34)29-19-10-8-18(14-26)9-11-19/h8-11,16H,5-7,12-13,15H2,1-4H3,(H,29,34). The minimum Gasteiger partial charge on any atom is -0.462 e. The van der Waals surface area contributed by atoms with E-state index in [1.807, 2.05) is 19.9 Å². The first-order valence-electron chi connectivity index (χ1n) is 11.7. The molecular weight excluding hydrogens is 448 g/mol. The second-order valence-corrected chi connectivity index (χ2v) is 8.32. The number of hydrogen-bond acceptors (Lipinski definition) is 7. The van der Waals surface area contributed by atoms with Crippen molar-refractivity contribution in [2.45, 2.75) is 46.6 Å². The van der Waals surface area contributed by atoms with Gasteiger partial charge >= 0.3 is 12.0 Å². The van der Waals surface area contributed by atoms with Crippen LogP contribution in [0.2, 0.25) is 0 Å². The number of benzene rings is 1. The topological polar surface area (TPSA) is 129 Å². The van der Waals surface area contributed by atoms with Gasteiger partial charge in [-0.05, 0) is 51.5 Å². The lowest BCUT2D eigenvalue weighted by molar-refractivity contribution is 0.0502. The molecule has 1 aromatic carbocycles. The molecule has 35 heavy (non-hydrogen) atoms. The maximum absolute atomic E-state index is 13.5. The van der Waals surface area contributed by atoms with Crippen LogP contribution in [0, 0.1) is 18.3 Å². The summed E-state index contributed by atoms with van der Waals surface area (Å²) in [6.45, 7) is 8.30. The summed E-state index contributed by atoms with van der Waals surface area (Å²) in [6, 6.07) is 8.09. The van der Waals surface area contributed by atoms with E-state index >= 15 is 0 Å². The predicted octanol–water partition coefficient (Wildman–Crippen LogP) is 3.16. The Hall–Kier alpha value is -4.00. The number of esters is 1. The van der Waals surface area contributed by atoms with Crippen molar-refractivity contribution in [1.82, 2.24) is 19.8 Å². The number of nitrogens with one attached hydrogen (secondary N) is 1. The van der Waals surface area contributed by atoms with Gasteiger partial charge in [0.15, 0.2) is 0 Å². The van der Waals surface area contributed by atoms with Crippen LogP contribution < -0.4 is 5.32 Å². The number of piperazine rings is 1. The highest BCUT2D eigenvalue weighted by molar-refractivity contribution is 6.04. The van der Waals surface area contributed by atoms with E-state index in [0.29, 0.717) is 42.3 Å². The molecule has 184 valence electrons. The molecular formula is C25H30N6O4. The van der Waals surface area contributed by atoms with E-state index in [4.69, 9.17) is 10.00 Å². The fraction of sp³-hybridized carbons (Fsp3) is 0.440. The molecule has 1 N–H and O–H groups in total. The van der Waals surface area contributed by atoms with Gasteiger partial charge in [0, 0.05) is 31.4 Å². The molecule has 1 atom stereocenters. The Morgan fingerprint density at radius 2 is 1.89 bits per heavy atom. The number of anilines is 1. The first-order chi connectivity index (χ1) is 16.8. The fourth-order valence-electron chi connectivity index (χ4n) is 4.04. The average molecular weight is 479 g/mol. The van der Waals surface area contributed by atoms with Crippen LogP contribution in [-0.2, 0) is 11.2 Å². The maximum atomic E-state index is 13.5. The summed E-state index contributed by atoms with van der Waals surface area (Å²) < 4.78 is 5.21. The van der Waals surface area contributed by atoms with Gasteiger partial charge in [-0.15, -0.1) is 0 Å². The molecule has 0 radical (unpaired) electrons. The molecule has 3 rings (SSSR count). The second-order valence-electron chi connectivity index (χ2n) is 8.32. The van der Waals surface area contributed by atoms with Crippen molar-refractivity contribution in [3.8, 4) is 6.07 Å². The van der Waals surface area contributed by atoms with E-state index in [1.165, 1.54) is 0 Å². The Morgan fingerprint density at radius 1 is 1.17 bits per heavy atom. The molecule has 0 aliphatic carbocycles. The smallest absolute Gasteiger partial charge is 0.342 e. The molecule has 0 saturated carbocycles. The largest absolute Gasteiger partial charge is 0.462 e. The molecule has 1 aliphatic heterocycles. The lowest BCUT2D eigenvalue weighted by atomic mass is 10.1. The van der Waals surface area contributed by atoms with Gasteiger partial charge in [-0.2, -0.15) is 5.26 Å². The van der Waals surface area contributed by atoms with Crippen LogP contribution in [0.3, 0.4) is 0 Å². The molecule has 1 unspecified atom stereocenters. The molecule has 3 amide bonds. The van der Waals surface area contributed by atoms with Crippen LogP contribution in [0.15, 0.2) is 24.3 Å². The first kappa shape index (κ1) is 25.6. The highest BCUT2D eigenvalue weighted by Crippen LogP contribution is 2.20. The Bertz CT molecular complexity index is 1140. The number of urea groups is 1. The van der Waals surface area contributed by atoms with Crippen LogP contribution in [0.5, 0.6) is 0 Å². The Balaban J connectivity index is 1.77. The van der Waals surface area contributed by atoms with Crippen molar-refractivity contribution >= 4 is 23.6 Å². The number of carbonyl (C=O) groups is 3. The SMILES string of the molecule is CCCc1nc(C)nc(C(=O)N2CCN(C(=O)Nc3ccc(C#N)cc3)C(C)C2)c1C(=O)OCC. The molecule has 1 aliphatic rings. The predicted molar refractivity (Wildman–Crippen MR) is 129 cm³/mol. The Labute approximate surface area is 204 Å². The zero-order chi connectivity index (χ0) is 25.5. The molecule has 10 heteroatoms. The highest BCUT2D eigenvalue weighted by Gasteiger charge is 2.34. The van der Waals surface area contributed by atoms with Crippen LogP contribution in [-0.4, -0.2) is 70.0 Å². The van der Waals surface area contributed by atoms with Crippen LogP contribution in [0.4, 0.5) is 10.5 Å². The average Bonchev–Trinajstić information content (AvgIpc) is 2.83. The summed E-state index contributed by atoms with van der Waals surface area (Å²) in [5, 5.41) is 11.7. The first-order valence-corrected chi connectivity index (χ1v) is 11.7.